The number of nitro groups is 1. The Morgan fingerprint density at radius 1 is 1.32 bits per heavy atom. The summed E-state index contributed by atoms with van der Waals surface area (Å²) in [5.41, 5.74) is -0.122. The lowest BCUT2D eigenvalue weighted by Gasteiger charge is -2.14. The van der Waals surface area contributed by atoms with E-state index in [9.17, 15) is 19.3 Å². The van der Waals surface area contributed by atoms with Crippen LogP contribution in [-0.2, 0) is 4.79 Å². The minimum Gasteiger partial charge on any atom is -0.491 e. The van der Waals surface area contributed by atoms with E-state index in [1.54, 1.807) is 13.0 Å². The molecule has 2 aromatic rings. The molecule has 2 rings (SSSR count). The SMILES string of the molecule is CCOc1c(Br)cc(F)cc1NC(=O)COc1ccccc1[N+](=O)[O-]. The Morgan fingerprint density at radius 3 is 2.72 bits per heavy atom. The van der Waals surface area contributed by atoms with Gasteiger partial charge in [0.05, 0.1) is 21.7 Å². The maximum Gasteiger partial charge on any atom is 0.310 e. The average Bonchev–Trinajstić information content (AvgIpc) is 2.56. The van der Waals surface area contributed by atoms with Crippen LogP contribution in [0.1, 0.15) is 6.92 Å². The van der Waals surface area contributed by atoms with Crippen molar-refractivity contribution in [1.29, 1.82) is 0 Å². The van der Waals surface area contributed by atoms with Gasteiger partial charge in [-0.1, -0.05) is 12.1 Å². The molecular weight excluding hydrogens is 399 g/mol. The van der Waals surface area contributed by atoms with Crippen LogP contribution < -0.4 is 14.8 Å². The Labute approximate surface area is 151 Å². The number of para-hydroxylation sites is 2. The molecule has 0 saturated heterocycles. The van der Waals surface area contributed by atoms with Crippen LogP contribution in [0.5, 0.6) is 11.5 Å². The molecule has 0 atom stereocenters. The Kier molecular flexibility index (Phi) is 6.29. The van der Waals surface area contributed by atoms with E-state index >= 15 is 0 Å². The minimum atomic E-state index is -0.614. The summed E-state index contributed by atoms with van der Waals surface area (Å²) in [4.78, 5) is 22.4. The lowest BCUT2D eigenvalue weighted by molar-refractivity contribution is -0.385. The highest BCUT2D eigenvalue weighted by molar-refractivity contribution is 9.10. The fourth-order valence-corrected chi connectivity index (χ4v) is 2.55. The summed E-state index contributed by atoms with van der Waals surface area (Å²) in [6.07, 6.45) is 0. The summed E-state index contributed by atoms with van der Waals surface area (Å²) in [6.45, 7) is 1.59. The number of ether oxygens (including phenoxy) is 2. The molecule has 1 amide bonds. The molecule has 0 aliphatic heterocycles. The number of carbonyl (C=O) groups excluding carboxylic acids is 1. The number of benzene rings is 2. The van der Waals surface area contributed by atoms with Gasteiger partial charge in [0, 0.05) is 12.1 Å². The van der Waals surface area contributed by atoms with E-state index in [2.05, 4.69) is 21.2 Å². The molecule has 7 nitrogen and oxygen atoms in total. The van der Waals surface area contributed by atoms with E-state index < -0.39 is 23.3 Å². The number of anilines is 1. The smallest absolute Gasteiger partial charge is 0.310 e. The first-order chi connectivity index (χ1) is 11.9. The first kappa shape index (κ1) is 18.7. The molecule has 0 spiro atoms. The van der Waals surface area contributed by atoms with Crippen LogP contribution in [0, 0.1) is 15.9 Å². The van der Waals surface area contributed by atoms with E-state index in [1.165, 1.54) is 24.3 Å². The van der Waals surface area contributed by atoms with Crippen LogP contribution in [0.15, 0.2) is 40.9 Å². The molecule has 0 bridgehead atoms. The topological polar surface area (TPSA) is 90.7 Å². The van der Waals surface area contributed by atoms with Crippen molar-refractivity contribution in [3.63, 3.8) is 0 Å². The first-order valence-electron chi connectivity index (χ1n) is 7.20. The number of rotatable bonds is 7. The van der Waals surface area contributed by atoms with Gasteiger partial charge < -0.3 is 14.8 Å². The van der Waals surface area contributed by atoms with Gasteiger partial charge in [0.15, 0.2) is 18.1 Å². The van der Waals surface area contributed by atoms with Crippen molar-refractivity contribution in [3.05, 3.63) is 56.8 Å². The molecule has 0 aliphatic carbocycles. The summed E-state index contributed by atoms with van der Waals surface area (Å²) in [5.74, 6) is -0.933. The van der Waals surface area contributed by atoms with E-state index in [4.69, 9.17) is 9.47 Å². The fourth-order valence-electron chi connectivity index (χ4n) is 2.00. The number of hydrogen-bond donors (Lipinski definition) is 1. The van der Waals surface area contributed by atoms with Gasteiger partial charge in [-0.15, -0.1) is 0 Å². The highest BCUT2D eigenvalue weighted by Crippen LogP contribution is 2.34. The number of nitro benzene ring substituents is 1. The number of nitrogens with one attached hydrogen (secondary N) is 1. The van der Waals surface area contributed by atoms with Gasteiger partial charge in [0.2, 0.25) is 0 Å². The quantitative estimate of drug-likeness (QED) is 0.549. The van der Waals surface area contributed by atoms with Gasteiger partial charge in [0.25, 0.3) is 5.91 Å². The molecule has 0 unspecified atom stereocenters. The van der Waals surface area contributed by atoms with Crippen LogP contribution in [0.4, 0.5) is 15.8 Å². The Hall–Kier alpha value is -2.68. The van der Waals surface area contributed by atoms with Gasteiger partial charge in [-0.2, -0.15) is 0 Å². The van der Waals surface area contributed by atoms with Crippen molar-refractivity contribution in [2.75, 3.05) is 18.5 Å². The van der Waals surface area contributed by atoms with Gasteiger partial charge in [-0.3, -0.25) is 14.9 Å². The molecular formula is C16H14BrFN2O5. The van der Waals surface area contributed by atoms with E-state index in [0.717, 1.165) is 6.07 Å². The van der Waals surface area contributed by atoms with Crippen LogP contribution in [0.3, 0.4) is 0 Å². The summed E-state index contributed by atoms with van der Waals surface area (Å²) in [5, 5.41) is 13.4. The van der Waals surface area contributed by atoms with Crippen LogP contribution in [0.25, 0.3) is 0 Å². The molecule has 0 saturated carbocycles. The highest BCUT2D eigenvalue weighted by atomic mass is 79.9. The van der Waals surface area contributed by atoms with E-state index in [1.807, 2.05) is 0 Å². The van der Waals surface area contributed by atoms with Crippen molar-refractivity contribution in [1.82, 2.24) is 0 Å². The molecule has 0 fully saturated rings. The fraction of sp³-hybridized carbons (Fsp3) is 0.188. The maximum atomic E-state index is 13.5. The predicted molar refractivity (Wildman–Crippen MR) is 92.5 cm³/mol. The number of halogens is 2. The molecule has 0 heterocycles. The molecule has 1 N–H and O–H groups in total. The van der Waals surface area contributed by atoms with Crippen LogP contribution in [-0.4, -0.2) is 24.0 Å². The van der Waals surface area contributed by atoms with Crippen LogP contribution in [0.2, 0.25) is 0 Å². The number of amides is 1. The zero-order valence-electron chi connectivity index (χ0n) is 13.1. The Balaban J connectivity index is 2.10. The second-order valence-corrected chi connectivity index (χ2v) is 5.61. The summed E-state index contributed by atoms with van der Waals surface area (Å²) >= 11 is 3.17. The standard InChI is InChI=1S/C16H14BrFN2O5/c1-2-24-16-11(17)7-10(18)8-12(16)19-15(21)9-25-14-6-4-3-5-13(14)20(22)23/h3-8H,2,9H2,1H3,(H,19,21). The van der Waals surface area contributed by atoms with Gasteiger partial charge >= 0.3 is 5.69 Å². The summed E-state index contributed by atoms with van der Waals surface area (Å²) in [7, 11) is 0. The molecule has 0 radical (unpaired) electrons. The average molecular weight is 413 g/mol. The summed E-state index contributed by atoms with van der Waals surface area (Å²) in [6, 6.07) is 8.02. The molecule has 25 heavy (non-hydrogen) atoms. The lowest BCUT2D eigenvalue weighted by Crippen LogP contribution is -2.21. The van der Waals surface area contributed by atoms with E-state index in [-0.39, 0.29) is 22.9 Å². The molecule has 0 aromatic heterocycles. The number of hydrogen-bond acceptors (Lipinski definition) is 5. The Bertz CT molecular complexity index is 800. The maximum absolute atomic E-state index is 13.5. The lowest BCUT2D eigenvalue weighted by atomic mass is 10.2. The van der Waals surface area contributed by atoms with Crippen molar-refractivity contribution in [2.45, 2.75) is 6.92 Å². The largest absolute Gasteiger partial charge is 0.491 e. The van der Waals surface area contributed by atoms with Gasteiger partial charge in [-0.05, 0) is 35.0 Å². The molecule has 2 aromatic carbocycles. The first-order valence-corrected chi connectivity index (χ1v) is 7.99. The van der Waals surface area contributed by atoms with Crippen molar-refractivity contribution >= 4 is 33.2 Å². The monoisotopic (exact) mass is 412 g/mol. The number of carbonyl (C=O) groups is 1. The Morgan fingerprint density at radius 2 is 2.04 bits per heavy atom. The zero-order valence-corrected chi connectivity index (χ0v) is 14.7. The normalized spacial score (nSPS) is 10.2. The number of nitrogens with zero attached hydrogens (tertiary/aromatic N) is 1. The summed E-state index contributed by atoms with van der Waals surface area (Å²) < 4.78 is 24.5. The van der Waals surface area contributed by atoms with Crippen molar-refractivity contribution in [2.24, 2.45) is 0 Å². The molecule has 0 aliphatic rings. The third kappa shape index (κ3) is 4.90. The molecule has 9 heteroatoms. The third-order valence-corrected chi connectivity index (χ3v) is 3.58. The van der Waals surface area contributed by atoms with Gasteiger partial charge in [0.1, 0.15) is 5.82 Å². The third-order valence-electron chi connectivity index (χ3n) is 2.99. The van der Waals surface area contributed by atoms with Gasteiger partial charge in [-0.25, -0.2) is 4.39 Å². The second-order valence-electron chi connectivity index (χ2n) is 4.76. The van der Waals surface area contributed by atoms with E-state index in [0.29, 0.717) is 11.1 Å². The minimum absolute atomic E-state index is 0.0342. The zero-order chi connectivity index (χ0) is 18.4. The van der Waals surface area contributed by atoms with Crippen molar-refractivity contribution < 1.29 is 23.6 Å². The predicted octanol–water partition coefficient (Wildman–Crippen LogP) is 3.91. The highest BCUT2D eigenvalue weighted by Gasteiger charge is 2.17. The van der Waals surface area contributed by atoms with Crippen LogP contribution >= 0.6 is 15.9 Å². The molecule has 132 valence electrons. The van der Waals surface area contributed by atoms with Crippen molar-refractivity contribution in [3.8, 4) is 11.5 Å². The second kappa shape index (κ2) is 8.43.